The van der Waals surface area contributed by atoms with Crippen molar-refractivity contribution in [3.8, 4) is 11.5 Å². The molecule has 0 fully saturated rings. The van der Waals surface area contributed by atoms with Crippen molar-refractivity contribution in [2.75, 3.05) is 0 Å². The molecule has 1 aromatic carbocycles. The number of phenolic OH excluding ortho intramolecular Hbond substituents is 1. The standard InChI is InChI=1S/C10H7F2NO2/c11-10(12)15-7-4-3-6-2-1-5-13-8(6)9(7)14/h1-5,10,14H. The molecule has 0 radical (unpaired) electrons. The molecule has 1 N–H and O–H groups in total. The van der Waals surface area contributed by atoms with Gasteiger partial charge in [-0.3, -0.25) is 4.98 Å². The van der Waals surface area contributed by atoms with E-state index in [2.05, 4.69) is 9.72 Å². The van der Waals surface area contributed by atoms with Crippen LogP contribution in [0.3, 0.4) is 0 Å². The summed E-state index contributed by atoms with van der Waals surface area (Å²) in [6.07, 6.45) is 1.47. The van der Waals surface area contributed by atoms with E-state index in [1.165, 1.54) is 12.3 Å². The first kappa shape index (κ1) is 9.64. The Bertz CT molecular complexity index is 488. The average Bonchev–Trinajstić information content (AvgIpc) is 2.22. The quantitative estimate of drug-likeness (QED) is 0.829. The lowest BCUT2D eigenvalue weighted by atomic mass is 10.2. The molecule has 0 aliphatic rings. The van der Waals surface area contributed by atoms with Crippen molar-refractivity contribution in [1.29, 1.82) is 0 Å². The van der Waals surface area contributed by atoms with Crippen LogP contribution in [0, 0.1) is 0 Å². The fourth-order valence-electron chi connectivity index (χ4n) is 1.30. The normalized spacial score (nSPS) is 10.9. The van der Waals surface area contributed by atoms with Gasteiger partial charge in [-0.15, -0.1) is 0 Å². The van der Waals surface area contributed by atoms with E-state index >= 15 is 0 Å². The summed E-state index contributed by atoms with van der Waals surface area (Å²) < 4.78 is 28.0. The number of aromatic hydroxyl groups is 1. The fraction of sp³-hybridized carbons (Fsp3) is 0.100. The SMILES string of the molecule is Oc1c(OC(F)F)ccc2cccnc12. The largest absolute Gasteiger partial charge is 0.503 e. The molecule has 0 saturated heterocycles. The smallest absolute Gasteiger partial charge is 0.387 e. The maximum Gasteiger partial charge on any atom is 0.387 e. The summed E-state index contributed by atoms with van der Waals surface area (Å²) >= 11 is 0. The molecule has 2 aromatic rings. The van der Waals surface area contributed by atoms with Gasteiger partial charge in [0.1, 0.15) is 5.52 Å². The van der Waals surface area contributed by atoms with Gasteiger partial charge in [0.2, 0.25) is 0 Å². The molecule has 0 saturated carbocycles. The number of hydrogen-bond acceptors (Lipinski definition) is 3. The van der Waals surface area contributed by atoms with Crippen LogP contribution in [0.4, 0.5) is 8.78 Å². The van der Waals surface area contributed by atoms with E-state index in [0.717, 1.165) is 0 Å². The fourth-order valence-corrected chi connectivity index (χ4v) is 1.30. The van der Waals surface area contributed by atoms with E-state index in [9.17, 15) is 13.9 Å². The number of hydrogen-bond donors (Lipinski definition) is 1. The Labute approximate surface area is 83.9 Å². The van der Waals surface area contributed by atoms with Gasteiger partial charge in [-0.05, 0) is 18.2 Å². The second kappa shape index (κ2) is 3.68. The molecule has 78 valence electrons. The molecule has 1 aromatic heterocycles. The Hall–Kier alpha value is -1.91. The van der Waals surface area contributed by atoms with E-state index in [-0.39, 0.29) is 17.0 Å². The Morgan fingerprint density at radius 2 is 2.07 bits per heavy atom. The number of pyridine rings is 1. The first-order valence-electron chi connectivity index (χ1n) is 4.20. The van der Waals surface area contributed by atoms with Crippen molar-refractivity contribution in [3.63, 3.8) is 0 Å². The van der Waals surface area contributed by atoms with Crippen LogP contribution in [-0.2, 0) is 0 Å². The van der Waals surface area contributed by atoms with Gasteiger partial charge in [-0.1, -0.05) is 6.07 Å². The number of aromatic nitrogens is 1. The van der Waals surface area contributed by atoms with Crippen LogP contribution in [0.1, 0.15) is 0 Å². The minimum atomic E-state index is -2.96. The molecule has 5 heteroatoms. The number of ether oxygens (including phenoxy) is 1. The van der Waals surface area contributed by atoms with E-state index in [4.69, 9.17) is 0 Å². The maximum atomic E-state index is 11.9. The summed E-state index contributed by atoms with van der Waals surface area (Å²) in [5, 5.41) is 10.2. The zero-order valence-electron chi connectivity index (χ0n) is 7.52. The minimum absolute atomic E-state index is 0.246. The number of rotatable bonds is 2. The second-order valence-corrected chi connectivity index (χ2v) is 2.87. The number of halogens is 2. The molecule has 0 atom stereocenters. The van der Waals surface area contributed by atoms with E-state index in [0.29, 0.717) is 5.39 Å². The zero-order chi connectivity index (χ0) is 10.8. The molecule has 0 aliphatic carbocycles. The van der Waals surface area contributed by atoms with Gasteiger partial charge in [0, 0.05) is 11.6 Å². The van der Waals surface area contributed by atoms with Gasteiger partial charge in [0.15, 0.2) is 11.5 Å². The predicted molar refractivity (Wildman–Crippen MR) is 50.0 cm³/mol. The van der Waals surface area contributed by atoms with Crippen LogP contribution in [0.15, 0.2) is 30.5 Å². The van der Waals surface area contributed by atoms with Crippen molar-refractivity contribution < 1.29 is 18.6 Å². The third kappa shape index (κ3) is 1.81. The van der Waals surface area contributed by atoms with Crippen molar-refractivity contribution in [2.45, 2.75) is 6.61 Å². The summed E-state index contributed by atoms with van der Waals surface area (Å²) in [5.41, 5.74) is 0.246. The molecular formula is C10H7F2NO2. The molecule has 0 bridgehead atoms. The van der Waals surface area contributed by atoms with Crippen molar-refractivity contribution in [3.05, 3.63) is 30.5 Å². The molecule has 0 amide bonds. The maximum absolute atomic E-state index is 11.9. The van der Waals surface area contributed by atoms with E-state index in [1.807, 2.05) is 0 Å². The molecule has 15 heavy (non-hydrogen) atoms. The lowest BCUT2D eigenvalue weighted by Gasteiger charge is -2.07. The van der Waals surface area contributed by atoms with Crippen LogP contribution in [-0.4, -0.2) is 16.7 Å². The molecule has 3 nitrogen and oxygen atoms in total. The van der Waals surface area contributed by atoms with Crippen molar-refractivity contribution in [2.24, 2.45) is 0 Å². The van der Waals surface area contributed by atoms with E-state index < -0.39 is 6.61 Å². The molecular weight excluding hydrogens is 204 g/mol. The highest BCUT2D eigenvalue weighted by molar-refractivity contribution is 5.86. The van der Waals surface area contributed by atoms with Crippen molar-refractivity contribution in [1.82, 2.24) is 4.98 Å². The first-order valence-corrected chi connectivity index (χ1v) is 4.20. The molecule has 0 spiro atoms. The van der Waals surface area contributed by atoms with Crippen LogP contribution < -0.4 is 4.74 Å². The first-order chi connectivity index (χ1) is 7.18. The topological polar surface area (TPSA) is 42.4 Å². The van der Waals surface area contributed by atoms with Crippen LogP contribution in [0.25, 0.3) is 10.9 Å². The number of fused-ring (bicyclic) bond motifs is 1. The number of benzene rings is 1. The number of alkyl halides is 2. The van der Waals surface area contributed by atoms with E-state index in [1.54, 1.807) is 18.2 Å². The van der Waals surface area contributed by atoms with Gasteiger partial charge in [-0.25, -0.2) is 0 Å². The number of nitrogens with zero attached hydrogens (tertiary/aromatic N) is 1. The molecule has 0 aliphatic heterocycles. The highest BCUT2D eigenvalue weighted by Crippen LogP contribution is 2.33. The Morgan fingerprint density at radius 1 is 1.27 bits per heavy atom. The zero-order valence-corrected chi connectivity index (χ0v) is 7.52. The third-order valence-electron chi connectivity index (χ3n) is 1.93. The van der Waals surface area contributed by atoms with Gasteiger partial charge >= 0.3 is 6.61 Å². The van der Waals surface area contributed by atoms with Crippen molar-refractivity contribution >= 4 is 10.9 Å². The Morgan fingerprint density at radius 3 is 2.80 bits per heavy atom. The third-order valence-corrected chi connectivity index (χ3v) is 1.93. The lowest BCUT2D eigenvalue weighted by Crippen LogP contribution is -2.02. The van der Waals surface area contributed by atoms with Gasteiger partial charge < -0.3 is 9.84 Å². The predicted octanol–water partition coefficient (Wildman–Crippen LogP) is 2.54. The summed E-state index contributed by atoms with van der Waals surface area (Å²) in [6.45, 7) is -2.96. The molecule has 2 rings (SSSR count). The highest BCUT2D eigenvalue weighted by Gasteiger charge is 2.12. The monoisotopic (exact) mass is 211 g/mol. The van der Waals surface area contributed by atoms with Gasteiger partial charge in [0.25, 0.3) is 0 Å². The summed E-state index contributed by atoms with van der Waals surface area (Å²) in [7, 11) is 0. The van der Waals surface area contributed by atoms with Gasteiger partial charge in [-0.2, -0.15) is 8.78 Å². The summed E-state index contributed by atoms with van der Waals surface area (Å²) in [6, 6.07) is 6.24. The Balaban J connectivity index is 2.55. The highest BCUT2D eigenvalue weighted by atomic mass is 19.3. The summed E-state index contributed by atoms with van der Waals surface area (Å²) in [5.74, 6) is -0.635. The van der Waals surface area contributed by atoms with Gasteiger partial charge in [0.05, 0.1) is 0 Å². The minimum Gasteiger partial charge on any atom is -0.503 e. The van der Waals surface area contributed by atoms with Crippen LogP contribution >= 0.6 is 0 Å². The van der Waals surface area contributed by atoms with Crippen LogP contribution in [0.2, 0.25) is 0 Å². The average molecular weight is 211 g/mol. The lowest BCUT2D eigenvalue weighted by molar-refractivity contribution is -0.0511. The molecule has 1 heterocycles. The summed E-state index contributed by atoms with van der Waals surface area (Å²) in [4.78, 5) is 3.87. The van der Waals surface area contributed by atoms with Crippen LogP contribution in [0.5, 0.6) is 11.5 Å². The number of phenols is 1. The second-order valence-electron chi connectivity index (χ2n) is 2.87. The molecule has 0 unspecified atom stereocenters. The Kier molecular flexibility index (Phi) is 2.37.